The lowest BCUT2D eigenvalue weighted by Crippen LogP contribution is -2.24. The Morgan fingerprint density at radius 2 is 1.79 bits per heavy atom. The number of nitrogens with one attached hydrogen (secondary N) is 1. The summed E-state index contributed by atoms with van der Waals surface area (Å²) in [7, 11) is 1.71. The molecular weight excluding hydrogens is 238 g/mol. The molecule has 0 unspecified atom stereocenters. The summed E-state index contributed by atoms with van der Waals surface area (Å²) in [5.41, 5.74) is 2.73. The lowest BCUT2D eigenvalue weighted by molar-refractivity contribution is 0.196. The van der Waals surface area contributed by atoms with Crippen LogP contribution >= 0.6 is 0 Å². The highest BCUT2D eigenvalue weighted by Gasteiger charge is 2.14. The first-order valence-electron chi connectivity index (χ1n) is 6.88. The second kappa shape index (κ2) is 7.51. The molecule has 0 saturated heterocycles. The molecule has 19 heavy (non-hydrogen) atoms. The van der Waals surface area contributed by atoms with E-state index < -0.39 is 0 Å². The summed E-state index contributed by atoms with van der Waals surface area (Å²) >= 11 is 0. The fourth-order valence-electron chi connectivity index (χ4n) is 1.81. The highest BCUT2D eigenvalue weighted by molar-refractivity contribution is 5.38. The summed E-state index contributed by atoms with van der Waals surface area (Å²) in [5, 5.41) is 3.26. The van der Waals surface area contributed by atoms with Gasteiger partial charge in [0.1, 0.15) is 12.4 Å². The van der Waals surface area contributed by atoms with Crippen molar-refractivity contribution >= 4 is 0 Å². The van der Waals surface area contributed by atoms with Crippen molar-refractivity contribution in [1.82, 2.24) is 5.32 Å². The molecule has 108 valence electrons. The quantitative estimate of drug-likeness (QED) is 0.769. The van der Waals surface area contributed by atoms with E-state index in [4.69, 9.17) is 9.47 Å². The van der Waals surface area contributed by atoms with Gasteiger partial charge < -0.3 is 14.8 Å². The van der Waals surface area contributed by atoms with Crippen molar-refractivity contribution in [2.45, 2.75) is 33.1 Å². The Morgan fingerprint density at radius 3 is 2.37 bits per heavy atom. The summed E-state index contributed by atoms with van der Waals surface area (Å²) in [6, 6.07) is 6.44. The second-order valence-corrected chi connectivity index (χ2v) is 5.82. The van der Waals surface area contributed by atoms with Gasteiger partial charge >= 0.3 is 0 Å². The average molecular weight is 265 g/mol. The lowest BCUT2D eigenvalue weighted by atomic mass is 9.86. The highest BCUT2D eigenvalue weighted by Crippen LogP contribution is 2.27. The fraction of sp³-hybridized carbons (Fsp3) is 0.625. The van der Waals surface area contributed by atoms with Gasteiger partial charge in [0.05, 0.1) is 6.61 Å². The van der Waals surface area contributed by atoms with Gasteiger partial charge in [0.15, 0.2) is 0 Å². The minimum absolute atomic E-state index is 0.186. The molecule has 0 aliphatic rings. The van der Waals surface area contributed by atoms with Gasteiger partial charge in [0, 0.05) is 20.2 Å². The Balaban J connectivity index is 2.43. The normalized spacial score (nSPS) is 11.6. The van der Waals surface area contributed by atoms with E-state index in [-0.39, 0.29) is 5.41 Å². The third kappa shape index (κ3) is 5.62. The van der Waals surface area contributed by atoms with Crippen LogP contribution in [0.15, 0.2) is 18.2 Å². The Hall–Kier alpha value is -1.06. The molecule has 3 heteroatoms. The molecule has 0 aliphatic heterocycles. The molecule has 1 rings (SSSR count). The van der Waals surface area contributed by atoms with Crippen LogP contribution in [-0.4, -0.2) is 33.4 Å². The van der Waals surface area contributed by atoms with E-state index >= 15 is 0 Å². The number of methoxy groups -OCH3 is 1. The van der Waals surface area contributed by atoms with E-state index in [2.05, 4.69) is 51.2 Å². The molecule has 0 amide bonds. The SMILES string of the molecule is COCCNCCOc1ccc(C(C)(C)C)cc1C. The minimum atomic E-state index is 0.186. The van der Waals surface area contributed by atoms with E-state index in [9.17, 15) is 0 Å². The summed E-state index contributed by atoms with van der Waals surface area (Å²) < 4.78 is 10.7. The molecule has 0 heterocycles. The largest absolute Gasteiger partial charge is 0.492 e. The zero-order valence-corrected chi connectivity index (χ0v) is 12.9. The highest BCUT2D eigenvalue weighted by atomic mass is 16.5. The second-order valence-electron chi connectivity index (χ2n) is 5.82. The molecule has 0 atom stereocenters. The van der Waals surface area contributed by atoms with E-state index in [1.165, 1.54) is 11.1 Å². The molecule has 0 saturated carbocycles. The van der Waals surface area contributed by atoms with Gasteiger partial charge in [-0.15, -0.1) is 0 Å². The van der Waals surface area contributed by atoms with E-state index in [0.29, 0.717) is 6.61 Å². The number of hydrogen-bond donors (Lipinski definition) is 1. The van der Waals surface area contributed by atoms with Crippen LogP contribution in [0.25, 0.3) is 0 Å². The van der Waals surface area contributed by atoms with E-state index in [1.807, 2.05) is 0 Å². The number of benzene rings is 1. The molecule has 0 aromatic heterocycles. The van der Waals surface area contributed by atoms with E-state index in [1.54, 1.807) is 7.11 Å². The number of rotatable bonds is 7. The van der Waals surface area contributed by atoms with Crippen molar-refractivity contribution in [3.8, 4) is 5.75 Å². The van der Waals surface area contributed by atoms with Crippen LogP contribution in [0, 0.1) is 6.92 Å². The van der Waals surface area contributed by atoms with Crippen molar-refractivity contribution in [2.75, 3.05) is 33.4 Å². The van der Waals surface area contributed by atoms with Crippen LogP contribution in [0.1, 0.15) is 31.9 Å². The first-order valence-corrected chi connectivity index (χ1v) is 6.88. The molecule has 1 N–H and O–H groups in total. The molecule has 1 aromatic rings. The van der Waals surface area contributed by atoms with Gasteiger partial charge in [-0.05, 0) is 29.5 Å². The number of ether oxygens (including phenoxy) is 2. The summed E-state index contributed by atoms with van der Waals surface area (Å²) in [6.07, 6.45) is 0. The molecule has 0 spiro atoms. The molecule has 0 bridgehead atoms. The Kier molecular flexibility index (Phi) is 6.32. The predicted octanol–water partition coefficient (Wildman–Crippen LogP) is 2.91. The van der Waals surface area contributed by atoms with Crippen molar-refractivity contribution in [3.05, 3.63) is 29.3 Å². The maximum absolute atomic E-state index is 5.78. The minimum Gasteiger partial charge on any atom is -0.492 e. The molecule has 3 nitrogen and oxygen atoms in total. The van der Waals surface area contributed by atoms with Crippen molar-refractivity contribution in [1.29, 1.82) is 0 Å². The standard InChI is InChI=1S/C16H27NO2/c1-13-12-14(16(2,3)4)6-7-15(13)19-11-9-17-8-10-18-5/h6-7,12,17H,8-11H2,1-5H3. The maximum Gasteiger partial charge on any atom is 0.122 e. The monoisotopic (exact) mass is 265 g/mol. The van der Waals surface area contributed by atoms with E-state index in [0.717, 1.165) is 25.4 Å². The van der Waals surface area contributed by atoms with Crippen LogP contribution in [-0.2, 0) is 10.2 Å². The topological polar surface area (TPSA) is 30.5 Å². The van der Waals surface area contributed by atoms with Crippen molar-refractivity contribution in [3.63, 3.8) is 0 Å². The van der Waals surface area contributed by atoms with Crippen molar-refractivity contribution < 1.29 is 9.47 Å². The van der Waals surface area contributed by atoms with Gasteiger partial charge in [-0.2, -0.15) is 0 Å². The van der Waals surface area contributed by atoms with Crippen LogP contribution in [0.3, 0.4) is 0 Å². The summed E-state index contributed by atoms with van der Waals surface area (Å²) in [6.45, 7) is 11.9. The Bertz CT molecular complexity index is 383. The van der Waals surface area contributed by atoms with Gasteiger partial charge in [0.2, 0.25) is 0 Å². The number of aryl methyl sites for hydroxylation is 1. The third-order valence-electron chi connectivity index (χ3n) is 3.06. The number of hydrogen-bond acceptors (Lipinski definition) is 3. The third-order valence-corrected chi connectivity index (χ3v) is 3.06. The van der Waals surface area contributed by atoms with Crippen LogP contribution in [0.2, 0.25) is 0 Å². The van der Waals surface area contributed by atoms with Crippen LogP contribution < -0.4 is 10.1 Å². The zero-order valence-electron chi connectivity index (χ0n) is 12.9. The maximum atomic E-state index is 5.78. The molecule has 1 aromatic carbocycles. The smallest absolute Gasteiger partial charge is 0.122 e. The van der Waals surface area contributed by atoms with Crippen LogP contribution in [0.4, 0.5) is 0 Å². The predicted molar refractivity (Wildman–Crippen MR) is 80.1 cm³/mol. The molecular formula is C16H27NO2. The molecule has 0 aliphatic carbocycles. The summed E-state index contributed by atoms with van der Waals surface area (Å²) in [4.78, 5) is 0. The first kappa shape index (κ1) is 16.0. The van der Waals surface area contributed by atoms with Gasteiger partial charge in [-0.1, -0.05) is 32.9 Å². The Labute approximate surface area is 117 Å². The fourth-order valence-corrected chi connectivity index (χ4v) is 1.81. The first-order chi connectivity index (χ1) is 8.95. The molecule has 0 fully saturated rings. The van der Waals surface area contributed by atoms with Crippen LogP contribution in [0.5, 0.6) is 5.75 Å². The average Bonchev–Trinajstić information content (AvgIpc) is 2.34. The molecule has 0 radical (unpaired) electrons. The van der Waals surface area contributed by atoms with Gasteiger partial charge in [0.25, 0.3) is 0 Å². The van der Waals surface area contributed by atoms with Crippen molar-refractivity contribution in [2.24, 2.45) is 0 Å². The van der Waals surface area contributed by atoms with Gasteiger partial charge in [-0.25, -0.2) is 0 Å². The Morgan fingerprint density at radius 1 is 1.11 bits per heavy atom. The lowest BCUT2D eigenvalue weighted by Gasteiger charge is -2.20. The summed E-state index contributed by atoms with van der Waals surface area (Å²) in [5.74, 6) is 0.974. The van der Waals surface area contributed by atoms with Gasteiger partial charge in [-0.3, -0.25) is 0 Å². The zero-order chi connectivity index (χ0) is 14.3.